The quantitative estimate of drug-likeness (QED) is 0.537. The van der Waals surface area contributed by atoms with Crippen molar-refractivity contribution in [2.24, 2.45) is 0 Å². The van der Waals surface area contributed by atoms with Crippen LogP contribution in [0.2, 0.25) is 0 Å². The predicted octanol–water partition coefficient (Wildman–Crippen LogP) is 4.06. The molecule has 0 radical (unpaired) electrons. The Bertz CT molecular complexity index is 936. The van der Waals surface area contributed by atoms with E-state index in [2.05, 4.69) is 0 Å². The van der Waals surface area contributed by atoms with Gasteiger partial charge in [-0.25, -0.2) is 9.59 Å². The Morgan fingerprint density at radius 1 is 1.00 bits per heavy atom. The number of hydrogen-bond acceptors (Lipinski definition) is 5. The molecule has 0 aliphatic heterocycles. The van der Waals surface area contributed by atoms with Gasteiger partial charge in [0.05, 0.1) is 12.7 Å². The molecule has 0 aliphatic carbocycles. The fourth-order valence-electron chi connectivity index (χ4n) is 2.58. The number of furan rings is 1. The van der Waals surface area contributed by atoms with E-state index in [0.29, 0.717) is 33.6 Å². The Hall–Kier alpha value is -3.08. The zero-order chi connectivity index (χ0) is 17.3. The van der Waals surface area contributed by atoms with Crippen LogP contribution >= 0.6 is 0 Å². The lowest BCUT2D eigenvalue weighted by atomic mass is 10.1. The van der Waals surface area contributed by atoms with Gasteiger partial charge < -0.3 is 13.9 Å². The SMILES string of the molecule is COC(=O)c1c(C)oc2ccc(OC(=O)c3ccccc3C)cc12. The molecule has 5 heteroatoms. The minimum absolute atomic E-state index is 0.335. The van der Waals surface area contributed by atoms with Crippen molar-refractivity contribution in [1.82, 2.24) is 0 Å². The maximum Gasteiger partial charge on any atom is 0.343 e. The number of hydrogen-bond donors (Lipinski definition) is 0. The van der Waals surface area contributed by atoms with Crippen molar-refractivity contribution in [2.45, 2.75) is 13.8 Å². The van der Waals surface area contributed by atoms with Gasteiger partial charge in [0.2, 0.25) is 0 Å². The summed E-state index contributed by atoms with van der Waals surface area (Å²) in [6.07, 6.45) is 0. The number of esters is 2. The van der Waals surface area contributed by atoms with E-state index < -0.39 is 11.9 Å². The number of fused-ring (bicyclic) bond motifs is 1. The van der Waals surface area contributed by atoms with Crippen LogP contribution in [0.5, 0.6) is 5.75 Å². The molecule has 5 nitrogen and oxygen atoms in total. The van der Waals surface area contributed by atoms with Crippen molar-refractivity contribution in [3.63, 3.8) is 0 Å². The molecular weight excluding hydrogens is 308 g/mol. The summed E-state index contributed by atoms with van der Waals surface area (Å²) in [5.74, 6) is -0.151. The van der Waals surface area contributed by atoms with Gasteiger partial charge in [-0.3, -0.25) is 0 Å². The zero-order valence-electron chi connectivity index (χ0n) is 13.6. The van der Waals surface area contributed by atoms with Gasteiger partial charge in [-0.05, 0) is 43.7 Å². The van der Waals surface area contributed by atoms with Crippen molar-refractivity contribution >= 4 is 22.9 Å². The van der Waals surface area contributed by atoms with Gasteiger partial charge in [-0.2, -0.15) is 0 Å². The third-order valence-corrected chi connectivity index (χ3v) is 3.80. The fourth-order valence-corrected chi connectivity index (χ4v) is 2.58. The minimum atomic E-state index is -0.492. The second kappa shape index (κ2) is 6.20. The highest BCUT2D eigenvalue weighted by Gasteiger charge is 2.20. The molecule has 0 atom stereocenters. The van der Waals surface area contributed by atoms with E-state index in [4.69, 9.17) is 13.9 Å². The predicted molar refractivity (Wildman–Crippen MR) is 88.4 cm³/mol. The highest BCUT2D eigenvalue weighted by atomic mass is 16.5. The van der Waals surface area contributed by atoms with E-state index in [0.717, 1.165) is 5.56 Å². The molecule has 0 fully saturated rings. The molecule has 1 heterocycles. The number of rotatable bonds is 3. The number of aryl methyl sites for hydroxylation is 2. The average molecular weight is 324 g/mol. The summed E-state index contributed by atoms with van der Waals surface area (Å²) in [5.41, 5.74) is 2.19. The summed E-state index contributed by atoms with van der Waals surface area (Å²) in [6, 6.07) is 12.1. The van der Waals surface area contributed by atoms with E-state index in [9.17, 15) is 9.59 Å². The maximum absolute atomic E-state index is 12.3. The van der Waals surface area contributed by atoms with Crippen molar-refractivity contribution in [3.8, 4) is 5.75 Å². The molecule has 24 heavy (non-hydrogen) atoms. The fraction of sp³-hybridized carbons (Fsp3) is 0.158. The highest BCUT2D eigenvalue weighted by Crippen LogP contribution is 2.30. The molecule has 3 rings (SSSR count). The third kappa shape index (κ3) is 2.76. The van der Waals surface area contributed by atoms with Crippen molar-refractivity contribution in [3.05, 3.63) is 64.9 Å². The first-order valence-electron chi connectivity index (χ1n) is 7.40. The number of carbonyl (C=O) groups excluding carboxylic acids is 2. The summed E-state index contributed by atoms with van der Waals surface area (Å²) in [6.45, 7) is 3.53. The lowest BCUT2D eigenvalue weighted by Crippen LogP contribution is -2.10. The molecule has 0 saturated carbocycles. The molecule has 0 bridgehead atoms. The molecule has 122 valence electrons. The normalized spacial score (nSPS) is 10.6. The first kappa shape index (κ1) is 15.8. The van der Waals surface area contributed by atoms with Gasteiger partial charge >= 0.3 is 11.9 Å². The van der Waals surface area contributed by atoms with E-state index in [-0.39, 0.29) is 0 Å². The van der Waals surface area contributed by atoms with Crippen LogP contribution in [0.1, 0.15) is 32.0 Å². The van der Waals surface area contributed by atoms with Crippen LogP contribution in [-0.4, -0.2) is 19.0 Å². The van der Waals surface area contributed by atoms with Crippen LogP contribution in [-0.2, 0) is 4.74 Å². The monoisotopic (exact) mass is 324 g/mol. The summed E-state index contributed by atoms with van der Waals surface area (Å²) in [7, 11) is 1.31. The molecule has 0 unspecified atom stereocenters. The molecule has 1 aromatic heterocycles. The van der Waals surface area contributed by atoms with Crippen LogP contribution in [0.25, 0.3) is 11.0 Å². The van der Waals surface area contributed by atoms with Crippen molar-refractivity contribution < 1.29 is 23.5 Å². The van der Waals surface area contributed by atoms with Gasteiger partial charge in [0.15, 0.2) is 0 Å². The summed E-state index contributed by atoms with van der Waals surface area (Å²) >= 11 is 0. The molecular formula is C19H16O5. The van der Waals surface area contributed by atoms with E-state index in [1.165, 1.54) is 7.11 Å². The summed E-state index contributed by atoms with van der Waals surface area (Å²) in [5, 5.41) is 0.550. The van der Waals surface area contributed by atoms with Gasteiger partial charge in [0.25, 0.3) is 0 Å². The Kier molecular flexibility index (Phi) is 4.08. The second-order valence-corrected chi connectivity index (χ2v) is 5.39. The van der Waals surface area contributed by atoms with Crippen LogP contribution < -0.4 is 4.74 Å². The van der Waals surface area contributed by atoms with Gasteiger partial charge in [-0.15, -0.1) is 0 Å². The van der Waals surface area contributed by atoms with Crippen LogP contribution in [0.4, 0.5) is 0 Å². The number of ether oxygens (including phenoxy) is 2. The molecule has 0 saturated heterocycles. The summed E-state index contributed by atoms with van der Waals surface area (Å²) in [4.78, 5) is 24.2. The number of methoxy groups -OCH3 is 1. The number of carbonyl (C=O) groups is 2. The molecule has 3 aromatic rings. The van der Waals surface area contributed by atoms with Crippen LogP contribution in [0.15, 0.2) is 46.9 Å². The van der Waals surface area contributed by atoms with Crippen LogP contribution in [0.3, 0.4) is 0 Å². The molecule has 0 amide bonds. The van der Waals surface area contributed by atoms with Gasteiger partial charge in [0.1, 0.15) is 22.7 Å². The molecule has 0 spiro atoms. The summed E-state index contributed by atoms with van der Waals surface area (Å²) < 4.78 is 15.8. The first-order valence-corrected chi connectivity index (χ1v) is 7.40. The van der Waals surface area contributed by atoms with Crippen molar-refractivity contribution in [1.29, 1.82) is 0 Å². The topological polar surface area (TPSA) is 65.7 Å². The second-order valence-electron chi connectivity index (χ2n) is 5.39. The first-order chi connectivity index (χ1) is 11.5. The van der Waals surface area contributed by atoms with Crippen molar-refractivity contribution in [2.75, 3.05) is 7.11 Å². The Morgan fingerprint density at radius 2 is 1.75 bits per heavy atom. The van der Waals surface area contributed by atoms with Gasteiger partial charge in [0, 0.05) is 5.39 Å². The zero-order valence-corrected chi connectivity index (χ0v) is 13.6. The van der Waals surface area contributed by atoms with Crippen LogP contribution in [0, 0.1) is 13.8 Å². The largest absolute Gasteiger partial charge is 0.465 e. The minimum Gasteiger partial charge on any atom is -0.465 e. The Labute approximate surface area is 138 Å². The Balaban J connectivity index is 1.98. The highest BCUT2D eigenvalue weighted by molar-refractivity contribution is 6.05. The molecule has 0 aliphatic rings. The van der Waals surface area contributed by atoms with E-state index >= 15 is 0 Å². The average Bonchev–Trinajstić information content (AvgIpc) is 2.89. The van der Waals surface area contributed by atoms with E-state index in [1.807, 2.05) is 19.1 Å². The molecule has 0 N–H and O–H groups in total. The van der Waals surface area contributed by atoms with E-state index in [1.54, 1.807) is 37.3 Å². The maximum atomic E-state index is 12.3. The third-order valence-electron chi connectivity index (χ3n) is 3.80. The lowest BCUT2D eigenvalue weighted by Gasteiger charge is -2.06. The van der Waals surface area contributed by atoms with Gasteiger partial charge in [-0.1, -0.05) is 18.2 Å². The standard InChI is InChI=1S/C19H16O5/c1-11-6-4-5-7-14(11)18(20)24-13-8-9-16-15(10-13)17(12(2)23-16)19(21)22-3/h4-10H,1-3H3. The number of benzene rings is 2. The molecule has 2 aromatic carbocycles. The Morgan fingerprint density at radius 3 is 2.46 bits per heavy atom. The smallest absolute Gasteiger partial charge is 0.343 e. The lowest BCUT2D eigenvalue weighted by molar-refractivity contribution is 0.0600.